The van der Waals surface area contributed by atoms with E-state index >= 15 is 0 Å². The maximum absolute atomic E-state index is 13.0. The third kappa shape index (κ3) is 2.95. The molecule has 1 atom stereocenters. The van der Waals surface area contributed by atoms with Gasteiger partial charge in [0.15, 0.2) is 0 Å². The number of rotatable bonds is 3. The van der Waals surface area contributed by atoms with E-state index in [-0.39, 0.29) is 11.9 Å². The quantitative estimate of drug-likeness (QED) is 0.781. The van der Waals surface area contributed by atoms with Gasteiger partial charge >= 0.3 is 0 Å². The van der Waals surface area contributed by atoms with Crippen LogP contribution in [0.15, 0.2) is 60.8 Å². The Labute approximate surface area is 147 Å². The number of H-pyrrole nitrogens is 1. The lowest BCUT2D eigenvalue weighted by atomic mass is 9.87. The van der Waals surface area contributed by atoms with Gasteiger partial charge in [0.1, 0.15) is 0 Å². The molecule has 0 fully saturated rings. The molecular formula is C21H21N3O. The zero-order valence-corrected chi connectivity index (χ0v) is 14.3. The van der Waals surface area contributed by atoms with E-state index < -0.39 is 0 Å². The van der Waals surface area contributed by atoms with Crippen LogP contribution in [0.2, 0.25) is 0 Å². The predicted octanol–water partition coefficient (Wildman–Crippen LogP) is 4.23. The van der Waals surface area contributed by atoms with Gasteiger partial charge in [-0.05, 0) is 54.2 Å². The molecule has 4 heteroatoms. The minimum Gasteiger partial charge on any atom is -0.335 e. The van der Waals surface area contributed by atoms with Crippen LogP contribution in [-0.4, -0.2) is 28.1 Å². The highest BCUT2D eigenvalue weighted by Crippen LogP contribution is 2.34. The normalized spacial score (nSPS) is 16.3. The second-order valence-electron chi connectivity index (χ2n) is 6.57. The number of aromatic amines is 1. The molecule has 1 aliphatic carbocycles. The Balaban J connectivity index is 1.57. The van der Waals surface area contributed by atoms with Gasteiger partial charge in [-0.2, -0.15) is 5.10 Å². The number of nitrogens with one attached hydrogen (secondary N) is 1. The van der Waals surface area contributed by atoms with Gasteiger partial charge in [-0.1, -0.05) is 36.4 Å². The van der Waals surface area contributed by atoms with E-state index in [9.17, 15) is 4.79 Å². The summed E-state index contributed by atoms with van der Waals surface area (Å²) >= 11 is 0. The minimum absolute atomic E-state index is 0.0675. The molecule has 0 saturated heterocycles. The molecule has 1 amide bonds. The van der Waals surface area contributed by atoms with Crippen LogP contribution in [0, 0.1) is 0 Å². The SMILES string of the molecule is CN(C(=O)c1ccc(-c2ccn[nH]2)cc1)C1CCCc2ccccc21. The number of aryl methyl sites for hydroxylation is 1. The zero-order valence-electron chi connectivity index (χ0n) is 14.3. The first-order valence-electron chi connectivity index (χ1n) is 8.69. The van der Waals surface area contributed by atoms with Crippen molar-refractivity contribution in [3.63, 3.8) is 0 Å². The summed E-state index contributed by atoms with van der Waals surface area (Å²) in [5.41, 5.74) is 5.36. The van der Waals surface area contributed by atoms with Gasteiger partial charge in [-0.3, -0.25) is 9.89 Å². The summed E-state index contributed by atoms with van der Waals surface area (Å²) in [7, 11) is 1.91. The van der Waals surface area contributed by atoms with Crippen molar-refractivity contribution in [1.82, 2.24) is 15.1 Å². The van der Waals surface area contributed by atoms with Crippen molar-refractivity contribution >= 4 is 5.91 Å². The summed E-state index contributed by atoms with van der Waals surface area (Å²) in [5.74, 6) is 0.0675. The third-order valence-electron chi connectivity index (χ3n) is 5.07. The van der Waals surface area contributed by atoms with Crippen LogP contribution >= 0.6 is 0 Å². The predicted molar refractivity (Wildman–Crippen MR) is 98.2 cm³/mol. The van der Waals surface area contributed by atoms with Crippen LogP contribution in [-0.2, 0) is 6.42 Å². The summed E-state index contributed by atoms with van der Waals surface area (Å²) in [5, 5.41) is 6.91. The highest BCUT2D eigenvalue weighted by Gasteiger charge is 2.27. The molecule has 1 aromatic heterocycles. The molecule has 0 bridgehead atoms. The van der Waals surface area contributed by atoms with Gasteiger partial charge < -0.3 is 4.90 Å². The lowest BCUT2D eigenvalue weighted by molar-refractivity contribution is 0.0715. The number of carbonyl (C=O) groups is 1. The molecule has 2 aromatic carbocycles. The van der Waals surface area contributed by atoms with Gasteiger partial charge in [-0.15, -0.1) is 0 Å². The average Bonchev–Trinajstić information content (AvgIpc) is 3.21. The van der Waals surface area contributed by atoms with Crippen LogP contribution in [0.5, 0.6) is 0 Å². The Kier molecular flexibility index (Phi) is 4.10. The molecule has 0 spiro atoms. The standard InChI is InChI=1S/C21H21N3O/c1-24(20-8-4-6-15-5-2-3-7-18(15)20)21(25)17-11-9-16(10-12-17)19-13-14-22-23-19/h2-3,5,7,9-14,20H,4,6,8H2,1H3,(H,22,23). The fourth-order valence-electron chi connectivity index (χ4n) is 3.68. The molecule has 1 N–H and O–H groups in total. The smallest absolute Gasteiger partial charge is 0.254 e. The van der Waals surface area contributed by atoms with Crippen molar-refractivity contribution in [2.24, 2.45) is 0 Å². The molecule has 1 heterocycles. The summed E-state index contributed by atoms with van der Waals surface area (Å²) < 4.78 is 0. The van der Waals surface area contributed by atoms with Crippen LogP contribution < -0.4 is 0 Å². The number of aromatic nitrogens is 2. The maximum Gasteiger partial charge on any atom is 0.254 e. The Morgan fingerprint density at radius 1 is 1.12 bits per heavy atom. The lowest BCUT2D eigenvalue weighted by Crippen LogP contribution is -2.33. The highest BCUT2D eigenvalue weighted by molar-refractivity contribution is 5.94. The number of hydrogen-bond acceptors (Lipinski definition) is 2. The van der Waals surface area contributed by atoms with E-state index in [1.54, 1.807) is 6.20 Å². The van der Waals surface area contributed by atoms with E-state index in [4.69, 9.17) is 0 Å². The highest BCUT2D eigenvalue weighted by atomic mass is 16.2. The summed E-state index contributed by atoms with van der Waals surface area (Å²) in [4.78, 5) is 14.8. The Morgan fingerprint density at radius 2 is 1.92 bits per heavy atom. The van der Waals surface area contributed by atoms with E-state index in [1.807, 2.05) is 42.3 Å². The van der Waals surface area contributed by atoms with Crippen LogP contribution in [0.1, 0.15) is 40.4 Å². The average molecular weight is 331 g/mol. The van der Waals surface area contributed by atoms with E-state index in [2.05, 4.69) is 34.5 Å². The van der Waals surface area contributed by atoms with Crippen molar-refractivity contribution in [3.05, 3.63) is 77.5 Å². The molecule has 0 aliphatic heterocycles. The number of hydrogen-bond donors (Lipinski definition) is 1. The summed E-state index contributed by atoms with van der Waals surface area (Å²) in [6.45, 7) is 0. The molecule has 4 nitrogen and oxygen atoms in total. The number of carbonyl (C=O) groups excluding carboxylic acids is 1. The molecule has 3 aromatic rings. The van der Waals surface area contributed by atoms with Gasteiger partial charge in [0.2, 0.25) is 0 Å². The van der Waals surface area contributed by atoms with Crippen molar-refractivity contribution in [1.29, 1.82) is 0 Å². The minimum atomic E-state index is 0.0675. The van der Waals surface area contributed by atoms with Crippen LogP contribution in [0.4, 0.5) is 0 Å². The van der Waals surface area contributed by atoms with Crippen molar-refractivity contribution in [3.8, 4) is 11.3 Å². The topological polar surface area (TPSA) is 49.0 Å². The Morgan fingerprint density at radius 3 is 2.68 bits per heavy atom. The van der Waals surface area contributed by atoms with Gasteiger partial charge in [0, 0.05) is 18.8 Å². The molecule has 25 heavy (non-hydrogen) atoms. The van der Waals surface area contributed by atoms with Gasteiger partial charge in [0.05, 0.1) is 11.7 Å². The Hall–Kier alpha value is -2.88. The first-order chi connectivity index (χ1) is 12.2. The molecular weight excluding hydrogens is 310 g/mol. The van der Waals surface area contributed by atoms with E-state index in [0.717, 1.165) is 30.5 Å². The van der Waals surface area contributed by atoms with Crippen molar-refractivity contribution in [2.75, 3.05) is 7.05 Å². The molecule has 1 aliphatic rings. The Bertz CT molecular complexity index is 868. The molecule has 126 valence electrons. The van der Waals surface area contributed by atoms with Gasteiger partial charge in [0.25, 0.3) is 5.91 Å². The first-order valence-corrected chi connectivity index (χ1v) is 8.69. The lowest BCUT2D eigenvalue weighted by Gasteiger charge is -2.33. The fraction of sp³-hybridized carbons (Fsp3) is 0.238. The van der Waals surface area contributed by atoms with E-state index in [0.29, 0.717) is 5.56 Å². The zero-order chi connectivity index (χ0) is 17.2. The number of benzene rings is 2. The fourth-order valence-corrected chi connectivity index (χ4v) is 3.68. The first kappa shape index (κ1) is 15.6. The second kappa shape index (κ2) is 6.55. The van der Waals surface area contributed by atoms with Gasteiger partial charge in [-0.25, -0.2) is 0 Å². The number of amides is 1. The molecule has 4 rings (SSSR count). The largest absolute Gasteiger partial charge is 0.335 e. The maximum atomic E-state index is 13.0. The molecule has 0 radical (unpaired) electrons. The van der Waals surface area contributed by atoms with Crippen molar-refractivity contribution < 1.29 is 4.79 Å². The van der Waals surface area contributed by atoms with Crippen LogP contribution in [0.3, 0.4) is 0 Å². The van der Waals surface area contributed by atoms with Crippen LogP contribution in [0.25, 0.3) is 11.3 Å². The third-order valence-corrected chi connectivity index (χ3v) is 5.07. The second-order valence-corrected chi connectivity index (χ2v) is 6.57. The van der Waals surface area contributed by atoms with Crippen molar-refractivity contribution in [2.45, 2.75) is 25.3 Å². The summed E-state index contributed by atoms with van der Waals surface area (Å²) in [6, 6.07) is 18.3. The number of nitrogens with zero attached hydrogens (tertiary/aromatic N) is 2. The van der Waals surface area contributed by atoms with E-state index in [1.165, 1.54) is 11.1 Å². The molecule has 0 saturated carbocycles. The monoisotopic (exact) mass is 331 g/mol. The summed E-state index contributed by atoms with van der Waals surface area (Å²) in [6.07, 6.45) is 4.97. The number of fused-ring (bicyclic) bond motifs is 1. The molecule has 1 unspecified atom stereocenters.